The van der Waals surface area contributed by atoms with E-state index in [0.717, 1.165) is 0 Å². The summed E-state index contributed by atoms with van der Waals surface area (Å²) in [6.45, 7) is 5.16. The minimum absolute atomic E-state index is 0.0383. The summed E-state index contributed by atoms with van der Waals surface area (Å²) in [7, 11) is 0. The predicted octanol–water partition coefficient (Wildman–Crippen LogP) is 4.75. The van der Waals surface area contributed by atoms with Crippen molar-refractivity contribution in [3.05, 3.63) is 77.1 Å². The smallest absolute Gasteiger partial charge is 0.280 e. The average Bonchev–Trinajstić information content (AvgIpc) is 2.98. The lowest BCUT2D eigenvalue weighted by Gasteiger charge is -2.15. The van der Waals surface area contributed by atoms with Crippen molar-refractivity contribution in [1.29, 1.82) is 0 Å². The molecule has 1 amide bonds. The van der Waals surface area contributed by atoms with Crippen molar-refractivity contribution in [3.8, 4) is 5.75 Å². The van der Waals surface area contributed by atoms with E-state index in [4.69, 9.17) is 4.74 Å². The predicted molar refractivity (Wildman–Crippen MR) is 96.9 cm³/mol. The fraction of sp³-hybridized carbons (Fsp3) is 0.100. The molecule has 0 fully saturated rings. The lowest BCUT2D eigenvalue weighted by atomic mass is 10.1. The van der Waals surface area contributed by atoms with Gasteiger partial charge in [0.2, 0.25) is 5.82 Å². The molecular formula is C20H13F5N2O2. The van der Waals surface area contributed by atoms with Crippen LogP contribution in [-0.4, -0.2) is 18.2 Å². The molecule has 3 rings (SSSR count). The number of carbonyl (C=O) groups excluding carboxylic acids is 1. The van der Waals surface area contributed by atoms with Crippen molar-refractivity contribution in [2.24, 2.45) is 5.10 Å². The molecule has 0 radical (unpaired) electrons. The van der Waals surface area contributed by atoms with E-state index < -0.39 is 40.7 Å². The van der Waals surface area contributed by atoms with Gasteiger partial charge in [-0.2, -0.15) is 10.1 Å². The Morgan fingerprint density at radius 1 is 1.07 bits per heavy atom. The van der Waals surface area contributed by atoms with Gasteiger partial charge in [0.15, 0.2) is 23.3 Å². The SMILES string of the molecule is C=CCOc1cccc(/C=C2\C(=O)N(c3c(F)c(F)c(F)c(F)c3F)N=C2C)c1. The highest BCUT2D eigenvalue weighted by Crippen LogP contribution is 2.34. The molecule has 1 heterocycles. The third-order valence-corrected chi connectivity index (χ3v) is 4.00. The second-order valence-electron chi connectivity index (χ2n) is 5.95. The first-order valence-corrected chi connectivity index (χ1v) is 8.23. The summed E-state index contributed by atoms with van der Waals surface area (Å²) in [6, 6.07) is 6.55. The van der Waals surface area contributed by atoms with E-state index in [1.54, 1.807) is 30.3 Å². The number of hydrogen-bond donors (Lipinski definition) is 0. The molecule has 0 spiro atoms. The summed E-state index contributed by atoms with van der Waals surface area (Å²) >= 11 is 0. The van der Waals surface area contributed by atoms with E-state index in [-0.39, 0.29) is 22.9 Å². The van der Waals surface area contributed by atoms with Crippen LogP contribution >= 0.6 is 0 Å². The molecule has 0 bridgehead atoms. The first kappa shape index (κ1) is 20.2. The molecular weight excluding hydrogens is 395 g/mol. The minimum atomic E-state index is -2.32. The van der Waals surface area contributed by atoms with E-state index >= 15 is 0 Å². The number of hydrazone groups is 1. The second kappa shape index (κ2) is 7.86. The molecule has 0 saturated carbocycles. The normalized spacial score (nSPS) is 15.1. The maximum absolute atomic E-state index is 14.1. The van der Waals surface area contributed by atoms with Crippen molar-refractivity contribution in [3.63, 3.8) is 0 Å². The molecule has 0 aromatic heterocycles. The van der Waals surface area contributed by atoms with Gasteiger partial charge in [0, 0.05) is 0 Å². The molecule has 0 N–H and O–H groups in total. The van der Waals surface area contributed by atoms with Crippen LogP contribution < -0.4 is 9.75 Å². The summed E-state index contributed by atoms with van der Waals surface area (Å²) in [6.07, 6.45) is 2.92. The Morgan fingerprint density at radius 2 is 1.69 bits per heavy atom. The summed E-state index contributed by atoms with van der Waals surface area (Å²) in [5, 5.41) is 3.84. The van der Waals surface area contributed by atoms with Crippen LogP contribution in [0.2, 0.25) is 0 Å². The molecule has 4 nitrogen and oxygen atoms in total. The zero-order valence-electron chi connectivity index (χ0n) is 15.0. The maximum Gasteiger partial charge on any atom is 0.280 e. The van der Waals surface area contributed by atoms with Crippen LogP contribution in [0.25, 0.3) is 6.08 Å². The Morgan fingerprint density at radius 3 is 2.31 bits per heavy atom. The lowest BCUT2D eigenvalue weighted by molar-refractivity contribution is -0.114. The first-order chi connectivity index (χ1) is 13.8. The van der Waals surface area contributed by atoms with Gasteiger partial charge in [0.05, 0.1) is 11.3 Å². The number of carbonyl (C=O) groups is 1. The fourth-order valence-electron chi connectivity index (χ4n) is 2.63. The molecule has 9 heteroatoms. The molecule has 0 atom stereocenters. The van der Waals surface area contributed by atoms with Crippen molar-refractivity contribution in [2.75, 3.05) is 11.6 Å². The van der Waals surface area contributed by atoms with E-state index in [1.165, 1.54) is 13.0 Å². The third kappa shape index (κ3) is 3.63. The molecule has 2 aromatic carbocycles. The molecule has 150 valence electrons. The van der Waals surface area contributed by atoms with Crippen LogP contribution in [0.5, 0.6) is 5.75 Å². The monoisotopic (exact) mass is 408 g/mol. The van der Waals surface area contributed by atoms with E-state index in [9.17, 15) is 26.7 Å². The highest BCUT2D eigenvalue weighted by molar-refractivity contribution is 6.32. The fourth-order valence-corrected chi connectivity index (χ4v) is 2.63. The van der Waals surface area contributed by atoms with Crippen LogP contribution in [0.15, 0.2) is 47.6 Å². The Labute approximate surface area is 162 Å². The molecule has 0 unspecified atom stereocenters. The van der Waals surface area contributed by atoms with Crippen LogP contribution in [0.4, 0.5) is 27.6 Å². The van der Waals surface area contributed by atoms with Gasteiger partial charge in [0.25, 0.3) is 5.91 Å². The average molecular weight is 408 g/mol. The molecule has 29 heavy (non-hydrogen) atoms. The number of nitrogens with zero attached hydrogens (tertiary/aromatic N) is 2. The van der Waals surface area contributed by atoms with Crippen molar-refractivity contribution < 1.29 is 31.5 Å². The highest BCUT2D eigenvalue weighted by atomic mass is 19.2. The van der Waals surface area contributed by atoms with Gasteiger partial charge < -0.3 is 4.74 Å². The van der Waals surface area contributed by atoms with Gasteiger partial charge in [-0.25, -0.2) is 22.0 Å². The highest BCUT2D eigenvalue weighted by Gasteiger charge is 2.36. The van der Waals surface area contributed by atoms with Crippen molar-refractivity contribution in [2.45, 2.75) is 6.92 Å². The number of anilines is 1. The lowest BCUT2D eigenvalue weighted by Crippen LogP contribution is -2.25. The van der Waals surface area contributed by atoms with Crippen LogP contribution in [-0.2, 0) is 4.79 Å². The molecule has 1 aliphatic rings. The number of rotatable bonds is 5. The van der Waals surface area contributed by atoms with Crippen LogP contribution in [0.3, 0.4) is 0 Å². The first-order valence-electron chi connectivity index (χ1n) is 8.23. The quantitative estimate of drug-likeness (QED) is 0.236. The van der Waals surface area contributed by atoms with Gasteiger partial charge in [0.1, 0.15) is 18.0 Å². The topological polar surface area (TPSA) is 41.9 Å². The summed E-state index contributed by atoms with van der Waals surface area (Å²) in [4.78, 5) is 12.6. The second-order valence-corrected chi connectivity index (χ2v) is 5.95. The Bertz CT molecular complexity index is 1050. The zero-order chi connectivity index (χ0) is 21.3. The Balaban J connectivity index is 2.01. The minimum Gasteiger partial charge on any atom is -0.490 e. The number of hydrogen-bond acceptors (Lipinski definition) is 3. The number of ether oxygens (including phenoxy) is 1. The zero-order valence-corrected chi connectivity index (χ0v) is 15.0. The van der Waals surface area contributed by atoms with Crippen LogP contribution in [0.1, 0.15) is 12.5 Å². The van der Waals surface area contributed by atoms with Crippen LogP contribution in [0, 0.1) is 29.1 Å². The molecule has 0 aliphatic carbocycles. The van der Waals surface area contributed by atoms with Gasteiger partial charge in [-0.3, -0.25) is 4.79 Å². The van der Waals surface area contributed by atoms with Crippen molar-refractivity contribution >= 4 is 23.4 Å². The number of amides is 1. The standard InChI is InChI=1S/C20H13F5N2O2/c1-3-7-29-12-6-4-5-11(8-12)9-13-10(2)26-27(20(13)28)19-17(24)15(22)14(21)16(23)18(19)25/h3-6,8-9H,1,7H2,2H3/b13-9-. The van der Waals surface area contributed by atoms with Crippen molar-refractivity contribution in [1.82, 2.24) is 0 Å². The number of benzene rings is 2. The summed E-state index contributed by atoms with van der Waals surface area (Å²) in [5.41, 5.74) is -0.966. The molecule has 0 saturated heterocycles. The van der Waals surface area contributed by atoms with E-state index in [2.05, 4.69) is 11.7 Å². The molecule has 2 aromatic rings. The summed E-state index contributed by atoms with van der Waals surface area (Å²) < 4.78 is 73.7. The molecule has 1 aliphatic heterocycles. The maximum atomic E-state index is 14.1. The van der Waals surface area contributed by atoms with Gasteiger partial charge in [-0.1, -0.05) is 24.8 Å². The Kier molecular flexibility index (Phi) is 5.49. The van der Waals surface area contributed by atoms with Gasteiger partial charge >= 0.3 is 0 Å². The Hall–Kier alpha value is -3.49. The van der Waals surface area contributed by atoms with E-state index in [1.807, 2.05) is 0 Å². The largest absolute Gasteiger partial charge is 0.490 e. The third-order valence-electron chi connectivity index (χ3n) is 4.00. The summed E-state index contributed by atoms with van der Waals surface area (Å²) in [5.74, 6) is -11.5. The van der Waals surface area contributed by atoms with E-state index in [0.29, 0.717) is 11.3 Å². The van der Waals surface area contributed by atoms with Gasteiger partial charge in [-0.05, 0) is 30.7 Å². The van der Waals surface area contributed by atoms with Gasteiger partial charge in [-0.15, -0.1) is 0 Å². The number of halogens is 5.